The Labute approximate surface area is 211 Å². The number of rotatable bonds is 4. The zero-order valence-corrected chi connectivity index (χ0v) is 21.5. The fourth-order valence-corrected chi connectivity index (χ4v) is 4.60. The molecule has 0 unspecified atom stereocenters. The fourth-order valence-electron chi connectivity index (χ4n) is 2.47. The molecule has 0 saturated heterocycles. The van der Waals surface area contributed by atoms with E-state index in [4.69, 9.17) is 4.55 Å². The number of thiophene rings is 1. The molecule has 2 heterocycles. The summed E-state index contributed by atoms with van der Waals surface area (Å²) in [5.74, 6) is 0. The summed E-state index contributed by atoms with van der Waals surface area (Å²) >= 11 is 1.35. The van der Waals surface area contributed by atoms with Gasteiger partial charge in [-0.25, -0.2) is 4.68 Å². The molecule has 0 aliphatic rings. The van der Waals surface area contributed by atoms with Crippen molar-refractivity contribution in [3.8, 4) is 16.3 Å². The molecule has 3 aromatic rings. The summed E-state index contributed by atoms with van der Waals surface area (Å²) < 4.78 is 65.8. The molecule has 0 fully saturated rings. The molecule has 0 radical (unpaired) electrons. The van der Waals surface area contributed by atoms with Gasteiger partial charge in [0.2, 0.25) is 0 Å². The minimum absolute atomic E-state index is 0. The van der Waals surface area contributed by atoms with E-state index in [2.05, 4.69) is 5.10 Å². The first-order valence-corrected chi connectivity index (χ1v) is 10.7. The van der Waals surface area contributed by atoms with Gasteiger partial charge in [0.1, 0.15) is 4.90 Å². The molecule has 9 nitrogen and oxygen atoms in total. The number of aromatic amines is 1. The maximum Gasteiger partial charge on any atom is 1.00 e. The Hall–Kier alpha value is -0.250. The number of hydrogen-bond acceptors (Lipinski definition) is 6. The molecule has 3 rings (SSSR count). The molecule has 3 N–H and O–H groups in total. The average Bonchev–Trinajstić information content (AvgIpc) is 3.14. The number of hydrogen-bond donors (Lipinski definition) is 3. The third-order valence-electron chi connectivity index (χ3n) is 3.55. The molecule has 0 bridgehead atoms. The van der Waals surface area contributed by atoms with Crippen LogP contribution in [0.25, 0.3) is 16.3 Å². The Kier molecular flexibility index (Phi) is 8.53. The van der Waals surface area contributed by atoms with E-state index < -0.39 is 35.6 Å². The second-order valence-corrected chi connectivity index (χ2v) is 9.12. The SMILES string of the molecule is Cc1cc(S(=O)(=O)O)cc(S(=O)(=O)O)c1-n1[nH]c(-c2cccs2)cc1=O.[H-].[H-].[Na+].[Na+]. The van der Waals surface area contributed by atoms with Crippen LogP contribution in [0, 0.1) is 6.92 Å². The number of benzene rings is 1. The van der Waals surface area contributed by atoms with E-state index in [9.17, 15) is 26.2 Å². The first-order chi connectivity index (χ1) is 12.0. The van der Waals surface area contributed by atoms with Crippen LogP contribution in [0.5, 0.6) is 0 Å². The number of aromatic nitrogens is 2. The van der Waals surface area contributed by atoms with Crippen molar-refractivity contribution in [2.45, 2.75) is 16.7 Å². The van der Waals surface area contributed by atoms with E-state index in [1.54, 1.807) is 17.5 Å². The van der Waals surface area contributed by atoms with Gasteiger partial charge in [-0.2, -0.15) is 16.8 Å². The van der Waals surface area contributed by atoms with Crippen molar-refractivity contribution in [3.63, 3.8) is 0 Å². The van der Waals surface area contributed by atoms with Gasteiger partial charge in [-0.15, -0.1) is 11.3 Å². The van der Waals surface area contributed by atoms with Crippen molar-refractivity contribution in [2.24, 2.45) is 0 Å². The van der Waals surface area contributed by atoms with Crippen LogP contribution >= 0.6 is 11.3 Å². The molecule has 14 heteroatoms. The van der Waals surface area contributed by atoms with E-state index in [1.807, 2.05) is 0 Å². The summed E-state index contributed by atoms with van der Waals surface area (Å²) in [6.07, 6.45) is 0. The van der Waals surface area contributed by atoms with Crippen LogP contribution in [0.15, 0.2) is 50.3 Å². The summed E-state index contributed by atoms with van der Waals surface area (Å²) in [4.78, 5) is 11.5. The first kappa shape index (κ1) is 25.8. The maximum absolute atomic E-state index is 12.3. The number of nitrogens with one attached hydrogen (secondary N) is 1. The van der Waals surface area contributed by atoms with E-state index in [0.29, 0.717) is 11.8 Å². The molecule has 0 saturated carbocycles. The standard InChI is InChI=1S/C14H12N2O7S3.2Na.2H/c1-8-5-9(25(18,19)20)6-12(26(21,22)23)14(8)16-13(17)7-10(15-16)11-3-2-4-24-11;;;;/h2-7,15H,1H3,(H,18,19,20)(H,21,22,23);;;;/q;2*+1;2*-1. The van der Waals surface area contributed by atoms with E-state index in [0.717, 1.165) is 15.6 Å². The normalized spacial score (nSPS) is 11.5. The van der Waals surface area contributed by atoms with Gasteiger partial charge in [-0.1, -0.05) is 6.07 Å². The summed E-state index contributed by atoms with van der Waals surface area (Å²) in [6, 6.07) is 6.35. The van der Waals surface area contributed by atoms with Crippen LogP contribution in [0.1, 0.15) is 8.42 Å². The van der Waals surface area contributed by atoms with Gasteiger partial charge in [-0.05, 0) is 36.1 Å². The van der Waals surface area contributed by atoms with Crippen molar-refractivity contribution in [2.75, 3.05) is 0 Å². The molecular formula is C14H14N2Na2O7S3. The van der Waals surface area contributed by atoms with Gasteiger partial charge in [0.05, 0.1) is 21.2 Å². The Morgan fingerprint density at radius 3 is 2.21 bits per heavy atom. The van der Waals surface area contributed by atoms with Crippen LogP contribution in [-0.4, -0.2) is 35.7 Å². The first-order valence-electron chi connectivity index (χ1n) is 6.94. The van der Waals surface area contributed by atoms with Gasteiger partial charge in [0, 0.05) is 6.07 Å². The van der Waals surface area contributed by atoms with Crippen LogP contribution in [0.3, 0.4) is 0 Å². The van der Waals surface area contributed by atoms with E-state index in [-0.39, 0.29) is 73.2 Å². The molecule has 1 aromatic carbocycles. The topological polar surface area (TPSA) is 147 Å². The second-order valence-electron chi connectivity index (χ2n) is 5.36. The second kappa shape index (κ2) is 9.27. The predicted molar refractivity (Wildman–Crippen MR) is 96.3 cm³/mol. The maximum atomic E-state index is 12.3. The third kappa shape index (κ3) is 5.26. The summed E-state index contributed by atoms with van der Waals surface area (Å²) in [7, 11) is -9.62. The van der Waals surface area contributed by atoms with Gasteiger partial charge in [0.15, 0.2) is 0 Å². The molecular weight excluding hydrogens is 450 g/mol. The summed E-state index contributed by atoms with van der Waals surface area (Å²) in [5.41, 5.74) is -0.396. The van der Waals surface area contributed by atoms with E-state index in [1.165, 1.54) is 24.3 Å². The van der Waals surface area contributed by atoms with Crippen LogP contribution in [-0.2, 0) is 20.2 Å². The molecule has 28 heavy (non-hydrogen) atoms. The van der Waals surface area contributed by atoms with Crippen LogP contribution in [0.4, 0.5) is 0 Å². The zero-order chi connectivity index (χ0) is 19.3. The number of nitrogens with zero attached hydrogens (tertiary/aromatic N) is 1. The molecule has 0 atom stereocenters. The minimum Gasteiger partial charge on any atom is -1.00 e. The Morgan fingerprint density at radius 1 is 1.07 bits per heavy atom. The molecule has 0 spiro atoms. The van der Waals surface area contributed by atoms with E-state index >= 15 is 0 Å². The van der Waals surface area contributed by atoms with Gasteiger partial charge in [-0.3, -0.25) is 19.0 Å². The molecule has 0 aliphatic heterocycles. The molecule has 0 aliphatic carbocycles. The number of aryl methyl sites for hydroxylation is 1. The Bertz CT molecular complexity index is 1270. The minimum atomic E-state index is -4.90. The molecule has 142 valence electrons. The predicted octanol–water partition coefficient (Wildman–Crippen LogP) is -4.07. The summed E-state index contributed by atoms with van der Waals surface area (Å²) in [5, 5.41) is 4.53. The quantitative estimate of drug-likeness (QED) is 0.263. The Balaban J connectivity index is 0. The monoisotopic (exact) mass is 464 g/mol. The third-order valence-corrected chi connectivity index (χ3v) is 6.15. The van der Waals surface area contributed by atoms with Crippen molar-refractivity contribution >= 4 is 31.6 Å². The smallest absolute Gasteiger partial charge is 1.00 e. The van der Waals surface area contributed by atoms with Crippen molar-refractivity contribution in [3.05, 3.63) is 51.6 Å². The molecule has 2 aromatic heterocycles. The average molecular weight is 464 g/mol. The van der Waals surface area contributed by atoms with Crippen molar-refractivity contribution in [1.29, 1.82) is 0 Å². The fraction of sp³-hybridized carbons (Fsp3) is 0.0714. The van der Waals surface area contributed by atoms with Crippen molar-refractivity contribution in [1.82, 2.24) is 9.78 Å². The van der Waals surface area contributed by atoms with Crippen LogP contribution in [0.2, 0.25) is 0 Å². The Morgan fingerprint density at radius 2 is 1.71 bits per heavy atom. The van der Waals surface area contributed by atoms with Crippen LogP contribution < -0.4 is 64.7 Å². The number of H-pyrrole nitrogens is 1. The van der Waals surface area contributed by atoms with Crippen molar-refractivity contribution < 1.29 is 87.9 Å². The van der Waals surface area contributed by atoms with Gasteiger partial charge in [0.25, 0.3) is 25.8 Å². The zero-order valence-electron chi connectivity index (χ0n) is 17.1. The van der Waals surface area contributed by atoms with Gasteiger partial charge >= 0.3 is 59.1 Å². The van der Waals surface area contributed by atoms with Gasteiger partial charge < -0.3 is 2.85 Å². The largest absolute Gasteiger partial charge is 1.00 e. The molecule has 0 amide bonds. The summed E-state index contributed by atoms with van der Waals surface area (Å²) in [6.45, 7) is 1.34.